The first kappa shape index (κ1) is 9.92. The molecule has 4 heteroatoms. The highest BCUT2D eigenvalue weighted by Crippen LogP contribution is 2.19. The van der Waals surface area contributed by atoms with Crippen LogP contribution in [0.1, 0.15) is 19.3 Å². The summed E-state index contributed by atoms with van der Waals surface area (Å²) in [5.74, 6) is 0. The number of methoxy groups -OCH3 is 1. The van der Waals surface area contributed by atoms with E-state index in [1.165, 1.54) is 0 Å². The van der Waals surface area contributed by atoms with Crippen molar-refractivity contribution in [2.75, 3.05) is 20.3 Å². The molecule has 4 nitrogen and oxygen atoms in total. The summed E-state index contributed by atoms with van der Waals surface area (Å²) in [5.41, 5.74) is 0. The Morgan fingerprint density at radius 3 is 2.83 bits per heavy atom. The van der Waals surface area contributed by atoms with Crippen LogP contribution in [0.3, 0.4) is 0 Å². The fourth-order valence-corrected chi connectivity index (χ4v) is 1.24. The minimum absolute atomic E-state index is 0.0392. The summed E-state index contributed by atoms with van der Waals surface area (Å²) in [4.78, 5) is 0. The number of hydrogen-bond acceptors (Lipinski definition) is 4. The van der Waals surface area contributed by atoms with Gasteiger partial charge in [0, 0.05) is 7.11 Å². The van der Waals surface area contributed by atoms with Crippen molar-refractivity contribution < 1.29 is 19.3 Å². The van der Waals surface area contributed by atoms with E-state index < -0.39 is 0 Å². The van der Waals surface area contributed by atoms with Crippen molar-refractivity contribution >= 4 is 0 Å². The van der Waals surface area contributed by atoms with Gasteiger partial charge in [0.2, 0.25) is 0 Å². The molecule has 1 fully saturated rings. The van der Waals surface area contributed by atoms with E-state index in [-0.39, 0.29) is 19.2 Å². The second-order valence-corrected chi connectivity index (χ2v) is 2.76. The van der Waals surface area contributed by atoms with Gasteiger partial charge in [-0.1, -0.05) is 0 Å². The van der Waals surface area contributed by atoms with Crippen LogP contribution in [0.25, 0.3) is 0 Å². The van der Waals surface area contributed by atoms with Gasteiger partial charge in [0.15, 0.2) is 12.6 Å². The van der Waals surface area contributed by atoms with Crippen LogP contribution in [0.2, 0.25) is 0 Å². The van der Waals surface area contributed by atoms with Crippen molar-refractivity contribution in [3.63, 3.8) is 0 Å². The number of rotatable bonds is 4. The zero-order valence-corrected chi connectivity index (χ0v) is 7.36. The Morgan fingerprint density at radius 2 is 2.17 bits per heavy atom. The van der Waals surface area contributed by atoms with Crippen LogP contribution < -0.4 is 0 Å². The first-order chi connectivity index (χ1) is 5.86. The molecule has 1 saturated heterocycles. The standard InChI is InChI=1S/C8H16O4/c1-10-7-3-2-4-8(12-7)11-6-5-9/h7-9H,2-6H2,1H3. The maximum atomic E-state index is 8.51. The van der Waals surface area contributed by atoms with Crippen molar-refractivity contribution in [2.24, 2.45) is 0 Å². The molecule has 1 N–H and O–H groups in total. The average Bonchev–Trinajstić information content (AvgIpc) is 2.15. The molecule has 2 unspecified atom stereocenters. The van der Waals surface area contributed by atoms with E-state index in [0.717, 1.165) is 19.3 Å². The van der Waals surface area contributed by atoms with E-state index in [0.29, 0.717) is 6.61 Å². The number of aliphatic hydroxyl groups excluding tert-OH is 1. The molecule has 0 bridgehead atoms. The van der Waals surface area contributed by atoms with Crippen LogP contribution >= 0.6 is 0 Å². The summed E-state index contributed by atoms with van der Waals surface area (Å²) in [5, 5.41) is 8.51. The smallest absolute Gasteiger partial charge is 0.160 e. The molecule has 0 aromatic heterocycles. The van der Waals surface area contributed by atoms with E-state index in [1.807, 2.05) is 0 Å². The Kier molecular flexibility index (Phi) is 4.53. The lowest BCUT2D eigenvalue weighted by atomic mass is 10.2. The van der Waals surface area contributed by atoms with Gasteiger partial charge in [-0.15, -0.1) is 0 Å². The monoisotopic (exact) mass is 176 g/mol. The SMILES string of the molecule is COC1CCCC(OCCO)O1. The molecule has 0 spiro atoms. The quantitative estimate of drug-likeness (QED) is 0.677. The third-order valence-corrected chi connectivity index (χ3v) is 1.84. The lowest BCUT2D eigenvalue weighted by Gasteiger charge is -2.28. The second-order valence-electron chi connectivity index (χ2n) is 2.76. The molecular weight excluding hydrogens is 160 g/mol. The van der Waals surface area contributed by atoms with Gasteiger partial charge in [-0.25, -0.2) is 0 Å². The molecule has 0 aromatic rings. The Balaban J connectivity index is 2.16. The van der Waals surface area contributed by atoms with Crippen LogP contribution in [0.5, 0.6) is 0 Å². The first-order valence-electron chi connectivity index (χ1n) is 4.27. The molecular formula is C8H16O4. The average molecular weight is 176 g/mol. The third kappa shape index (κ3) is 3.06. The minimum Gasteiger partial charge on any atom is -0.394 e. The summed E-state index contributed by atoms with van der Waals surface area (Å²) >= 11 is 0. The molecule has 0 amide bonds. The molecule has 0 radical (unpaired) electrons. The number of hydrogen-bond donors (Lipinski definition) is 1. The van der Waals surface area contributed by atoms with Crippen LogP contribution in [0.15, 0.2) is 0 Å². The lowest BCUT2D eigenvalue weighted by Crippen LogP contribution is -2.31. The highest BCUT2D eigenvalue weighted by Gasteiger charge is 2.21. The van der Waals surface area contributed by atoms with Crippen LogP contribution in [-0.2, 0) is 14.2 Å². The van der Waals surface area contributed by atoms with Gasteiger partial charge in [-0.05, 0) is 19.3 Å². The van der Waals surface area contributed by atoms with Gasteiger partial charge in [0.1, 0.15) is 0 Å². The van der Waals surface area contributed by atoms with Gasteiger partial charge in [-0.2, -0.15) is 0 Å². The van der Waals surface area contributed by atoms with Crippen molar-refractivity contribution in [2.45, 2.75) is 31.8 Å². The van der Waals surface area contributed by atoms with E-state index in [1.54, 1.807) is 7.11 Å². The maximum Gasteiger partial charge on any atom is 0.160 e. The largest absolute Gasteiger partial charge is 0.394 e. The van der Waals surface area contributed by atoms with E-state index in [2.05, 4.69) is 0 Å². The summed E-state index contributed by atoms with van der Waals surface area (Å²) in [6.45, 7) is 0.374. The highest BCUT2D eigenvalue weighted by molar-refractivity contribution is 4.58. The van der Waals surface area contributed by atoms with Crippen molar-refractivity contribution in [3.8, 4) is 0 Å². The zero-order valence-electron chi connectivity index (χ0n) is 7.36. The zero-order chi connectivity index (χ0) is 8.81. The van der Waals surface area contributed by atoms with Crippen molar-refractivity contribution in [1.82, 2.24) is 0 Å². The molecule has 2 atom stereocenters. The van der Waals surface area contributed by atoms with Crippen LogP contribution in [-0.4, -0.2) is 38.0 Å². The van der Waals surface area contributed by atoms with Crippen LogP contribution in [0, 0.1) is 0 Å². The molecule has 1 heterocycles. The topological polar surface area (TPSA) is 47.9 Å². The molecule has 0 aromatic carbocycles. The molecule has 1 aliphatic rings. The highest BCUT2D eigenvalue weighted by atomic mass is 16.8. The molecule has 1 aliphatic heterocycles. The minimum atomic E-state index is -0.198. The molecule has 0 saturated carbocycles. The molecule has 72 valence electrons. The number of aliphatic hydroxyl groups is 1. The molecule has 12 heavy (non-hydrogen) atoms. The molecule has 1 rings (SSSR count). The Bertz CT molecular complexity index is 118. The Labute approximate surface area is 72.4 Å². The predicted molar refractivity (Wildman–Crippen MR) is 42.6 cm³/mol. The normalized spacial score (nSPS) is 30.5. The van der Waals surface area contributed by atoms with E-state index in [4.69, 9.17) is 19.3 Å². The van der Waals surface area contributed by atoms with Crippen LogP contribution in [0.4, 0.5) is 0 Å². The fraction of sp³-hybridized carbons (Fsp3) is 1.00. The van der Waals surface area contributed by atoms with Crippen molar-refractivity contribution in [1.29, 1.82) is 0 Å². The van der Waals surface area contributed by atoms with Gasteiger partial charge < -0.3 is 19.3 Å². The molecule has 0 aliphatic carbocycles. The lowest BCUT2D eigenvalue weighted by molar-refractivity contribution is -0.261. The van der Waals surface area contributed by atoms with Crippen molar-refractivity contribution in [3.05, 3.63) is 0 Å². The third-order valence-electron chi connectivity index (χ3n) is 1.84. The van der Waals surface area contributed by atoms with Gasteiger partial charge >= 0.3 is 0 Å². The van der Waals surface area contributed by atoms with E-state index in [9.17, 15) is 0 Å². The number of ether oxygens (including phenoxy) is 3. The summed E-state index contributed by atoms with van der Waals surface area (Å²) in [6.07, 6.45) is 2.53. The Hall–Kier alpha value is -0.160. The Morgan fingerprint density at radius 1 is 1.42 bits per heavy atom. The second kappa shape index (κ2) is 5.48. The summed E-state index contributed by atoms with van der Waals surface area (Å²) in [6, 6.07) is 0. The first-order valence-corrected chi connectivity index (χ1v) is 4.27. The van der Waals surface area contributed by atoms with Gasteiger partial charge in [0.05, 0.1) is 13.2 Å². The van der Waals surface area contributed by atoms with Gasteiger partial charge in [-0.3, -0.25) is 0 Å². The van der Waals surface area contributed by atoms with E-state index >= 15 is 0 Å². The summed E-state index contributed by atoms with van der Waals surface area (Å²) in [7, 11) is 1.62. The maximum absolute atomic E-state index is 8.51. The predicted octanol–water partition coefficient (Wildman–Crippen LogP) is 0.494. The van der Waals surface area contributed by atoms with Gasteiger partial charge in [0.25, 0.3) is 0 Å². The fourth-order valence-electron chi connectivity index (χ4n) is 1.24. The summed E-state index contributed by atoms with van der Waals surface area (Å²) < 4.78 is 15.6.